The molecule has 1 aliphatic rings. The van der Waals surface area contributed by atoms with Crippen LogP contribution in [0.2, 0.25) is 0 Å². The molecule has 2 N–H and O–H groups in total. The molecule has 0 atom stereocenters. The minimum atomic E-state index is 0.579. The van der Waals surface area contributed by atoms with Gasteiger partial charge in [0, 0.05) is 38.9 Å². The van der Waals surface area contributed by atoms with Gasteiger partial charge < -0.3 is 20.3 Å². The van der Waals surface area contributed by atoms with Crippen molar-refractivity contribution in [3.8, 4) is 0 Å². The molecule has 6 nitrogen and oxygen atoms in total. The Labute approximate surface area is 120 Å². The third kappa shape index (κ3) is 3.08. The Morgan fingerprint density at radius 1 is 1.50 bits per heavy atom. The molecule has 2 heterocycles. The maximum Gasteiger partial charge on any atom is 0.156 e. The van der Waals surface area contributed by atoms with Crippen LogP contribution in [0.1, 0.15) is 5.69 Å². The number of aryl methyl sites for hydroxylation is 1. The highest BCUT2D eigenvalue weighted by Crippen LogP contribution is 2.37. The minimum absolute atomic E-state index is 0.579. The van der Waals surface area contributed by atoms with E-state index in [4.69, 9.17) is 10.5 Å². The van der Waals surface area contributed by atoms with Gasteiger partial charge in [-0.1, -0.05) is 0 Å². The summed E-state index contributed by atoms with van der Waals surface area (Å²) in [6.45, 7) is 10.2. The van der Waals surface area contributed by atoms with Crippen molar-refractivity contribution in [3.05, 3.63) is 11.8 Å². The molecule has 0 saturated carbocycles. The van der Waals surface area contributed by atoms with Crippen LogP contribution in [0.15, 0.2) is 11.1 Å². The molecule has 0 spiro atoms. The van der Waals surface area contributed by atoms with Crippen LogP contribution in [0.25, 0.3) is 0 Å². The summed E-state index contributed by atoms with van der Waals surface area (Å²) >= 11 is 0. The molecule has 0 bridgehead atoms. The lowest BCUT2D eigenvalue weighted by Crippen LogP contribution is -2.36. The smallest absolute Gasteiger partial charge is 0.156 e. The number of aliphatic imine (C=N–C) groups is 1. The monoisotopic (exact) mass is 277 g/mol. The molecular formula is C14H23N5O. The Morgan fingerprint density at radius 2 is 2.20 bits per heavy atom. The summed E-state index contributed by atoms with van der Waals surface area (Å²) in [5.74, 6) is 0.840. The Morgan fingerprint density at radius 3 is 2.80 bits per heavy atom. The maximum atomic E-state index is 5.63. The summed E-state index contributed by atoms with van der Waals surface area (Å²) in [7, 11) is 1.98. The van der Waals surface area contributed by atoms with E-state index in [1.807, 2.05) is 18.9 Å². The first-order valence-corrected chi connectivity index (χ1v) is 6.89. The first-order valence-electron chi connectivity index (χ1n) is 6.89. The molecule has 1 aromatic heterocycles. The average Bonchev–Trinajstić information content (AvgIpc) is 2.47. The number of hydrogen-bond donors (Lipinski definition) is 1. The number of hydrogen-bond acceptors (Lipinski definition) is 6. The number of rotatable bonds is 5. The molecule has 0 unspecified atom stereocenters. The van der Waals surface area contributed by atoms with Gasteiger partial charge >= 0.3 is 0 Å². The van der Waals surface area contributed by atoms with Crippen LogP contribution in [0.4, 0.5) is 17.2 Å². The SMILES string of the molecule is C=Nc1c(N2CCOCC2)cc(C)nc1N(C)CCN. The highest BCUT2D eigenvalue weighted by Gasteiger charge is 2.20. The minimum Gasteiger partial charge on any atom is -0.378 e. The lowest BCUT2D eigenvalue weighted by molar-refractivity contribution is 0.122. The Hall–Kier alpha value is -1.66. The summed E-state index contributed by atoms with van der Waals surface area (Å²) in [4.78, 5) is 13.1. The normalized spacial score (nSPS) is 15.2. The topological polar surface area (TPSA) is 67.0 Å². The largest absolute Gasteiger partial charge is 0.378 e. The zero-order valence-electron chi connectivity index (χ0n) is 12.3. The quantitative estimate of drug-likeness (QED) is 0.812. The highest BCUT2D eigenvalue weighted by molar-refractivity contribution is 5.80. The van der Waals surface area contributed by atoms with Crippen LogP contribution in [0.3, 0.4) is 0 Å². The van der Waals surface area contributed by atoms with E-state index in [1.54, 1.807) is 0 Å². The van der Waals surface area contributed by atoms with Gasteiger partial charge in [0.2, 0.25) is 0 Å². The Balaban J connectivity index is 2.42. The van der Waals surface area contributed by atoms with Crippen LogP contribution < -0.4 is 15.5 Å². The average molecular weight is 277 g/mol. The van der Waals surface area contributed by atoms with Gasteiger partial charge in [-0.25, -0.2) is 4.98 Å². The van der Waals surface area contributed by atoms with E-state index < -0.39 is 0 Å². The number of nitrogens with zero attached hydrogens (tertiary/aromatic N) is 4. The standard InChI is InChI=1S/C14H23N5O/c1-11-10-12(19-6-8-20-9-7-19)13(16-2)14(17-11)18(3)5-4-15/h10H,2,4-9,15H2,1,3H3. The molecule has 1 aromatic rings. The molecule has 6 heteroatoms. The third-order valence-corrected chi connectivity index (χ3v) is 3.42. The fraction of sp³-hybridized carbons (Fsp3) is 0.571. The van der Waals surface area contributed by atoms with Crippen molar-refractivity contribution in [3.63, 3.8) is 0 Å². The number of pyridine rings is 1. The predicted molar refractivity (Wildman–Crippen MR) is 83.5 cm³/mol. The van der Waals surface area contributed by atoms with Crippen molar-refractivity contribution in [2.24, 2.45) is 10.7 Å². The van der Waals surface area contributed by atoms with Crippen molar-refractivity contribution in [2.45, 2.75) is 6.92 Å². The molecule has 0 aromatic carbocycles. The lowest BCUT2D eigenvalue weighted by atomic mass is 10.2. The molecule has 20 heavy (non-hydrogen) atoms. The van der Waals surface area contributed by atoms with E-state index in [2.05, 4.69) is 27.7 Å². The zero-order chi connectivity index (χ0) is 14.5. The van der Waals surface area contributed by atoms with E-state index in [-0.39, 0.29) is 0 Å². The number of anilines is 2. The second-order valence-corrected chi connectivity index (χ2v) is 4.92. The second kappa shape index (κ2) is 6.67. The molecule has 0 radical (unpaired) electrons. The van der Waals surface area contributed by atoms with E-state index in [9.17, 15) is 0 Å². The molecular weight excluding hydrogens is 254 g/mol. The van der Waals surface area contributed by atoms with Gasteiger partial charge in [0.1, 0.15) is 5.69 Å². The van der Waals surface area contributed by atoms with Gasteiger partial charge in [0.05, 0.1) is 18.9 Å². The first kappa shape index (κ1) is 14.7. The Kier molecular flexibility index (Phi) is 4.92. The van der Waals surface area contributed by atoms with Crippen molar-refractivity contribution < 1.29 is 4.74 Å². The first-order chi connectivity index (χ1) is 9.67. The van der Waals surface area contributed by atoms with Crippen LogP contribution in [-0.2, 0) is 4.74 Å². The number of ether oxygens (including phenoxy) is 1. The molecule has 110 valence electrons. The summed E-state index contributed by atoms with van der Waals surface area (Å²) in [5.41, 5.74) is 8.51. The van der Waals surface area contributed by atoms with E-state index in [0.29, 0.717) is 6.54 Å². The highest BCUT2D eigenvalue weighted by atomic mass is 16.5. The fourth-order valence-corrected chi connectivity index (χ4v) is 2.40. The summed E-state index contributed by atoms with van der Waals surface area (Å²) in [5, 5.41) is 0. The summed E-state index contributed by atoms with van der Waals surface area (Å²) in [6.07, 6.45) is 0. The van der Waals surface area contributed by atoms with Crippen molar-refractivity contribution in [1.82, 2.24) is 4.98 Å². The summed E-state index contributed by atoms with van der Waals surface area (Å²) < 4.78 is 5.41. The van der Waals surface area contributed by atoms with Gasteiger partial charge in [0.15, 0.2) is 5.82 Å². The van der Waals surface area contributed by atoms with Crippen molar-refractivity contribution in [2.75, 3.05) is 56.2 Å². The Bertz CT molecular complexity index is 471. The number of aromatic nitrogens is 1. The zero-order valence-corrected chi connectivity index (χ0v) is 12.3. The van der Waals surface area contributed by atoms with E-state index in [1.165, 1.54) is 0 Å². The van der Waals surface area contributed by atoms with Crippen LogP contribution in [-0.4, -0.2) is 58.1 Å². The lowest BCUT2D eigenvalue weighted by Gasteiger charge is -2.31. The van der Waals surface area contributed by atoms with Crippen molar-refractivity contribution in [1.29, 1.82) is 0 Å². The maximum absolute atomic E-state index is 5.63. The van der Waals surface area contributed by atoms with Crippen molar-refractivity contribution >= 4 is 23.9 Å². The number of likely N-dealkylation sites (N-methyl/N-ethyl adjacent to an activating group) is 1. The molecule has 1 aliphatic heterocycles. The molecule has 1 fully saturated rings. The number of morpholine rings is 1. The van der Waals surface area contributed by atoms with Gasteiger partial charge in [-0.05, 0) is 19.7 Å². The summed E-state index contributed by atoms with van der Waals surface area (Å²) in [6, 6.07) is 2.06. The van der Waals surface area contributed by atoms with Crippen LogP contribution in [0, 0.1) is 6.92 Å². The molecule has 0 aliphatic carbocycles. The van der Waals surface area contributed by atoms with Gasteiger partial charge in [-0.3, -0.25) is 4.99 Å². The van der Waals surface area contributed by atoms with Gasteiger partial charge in [-0.2, -0.15) is 0 Å². The molecule has 1 saturated heterocycles. The fourth-order valence-electron chi connectivity index (χ4n) is 2.40. The van der Waals surface area contributed by atoms with Crippen LogP contribution >= 0.6 is 0 Å². The second-order valence-electron chi connectivity index (χ2n) is 4.92. The van der Waals surface area contributed by atoms with Gasteiger partial charge in [-0.15, -0.1) is 0 Å². The third-order valence-electron chi connectivity index (χ3n) is 3.42. The predicted octanol–water partition coefficient (Wildman–Crippen LogP) is 0.954. The molecule has 0 amide bonds. The van der Waals surface area contributed by atoms with E-state index >= 15 is 0 Å². The number of nitrogens with two attached hydrogens (primary N) is 1. The molecule has 2 rings (SSSR count). The van der Waals surface area contributed by atoms with Crippen LogP contribution in [0.5, 0.6) is 0 Å². The van der Waals surface area contributed by atoms with Gasteiger partial charge in [0.25, 0.3) is 0 Å². The van der Waals surface area contributed by atoms with E-state index in [0.717, 1.165) is 55.7 Å².